The van der Waals surface area contributed by atoms with Crippen molar-refractivity contribution in [2.75, 3.05) is 41.0 Å². The van der Waals surface area contributed by atoms with Gasteiger partial charge in [0.2, 0.25) is 0 Å². The number of carboxylic acid groups (broad SMARTS) is 1. The maximum Gasteiger partial charge on any atom is 0.362 e. The Balaban J connectivity index is 4.31. The second-order valence-electron chi connectivity index (χ2n) is 17.3. The van der Waals surface area contributed by atoms with E-state index in [1.165, 1.54) is 64.2 Å². The third kappa shape index (κ3) is 41.9. The number of unbranched alkanes of at least 4 members (excludes halogenated alkanes) is 17. The lowest BCUT2D eigenvalue weighted by Crippen LogP contribution is -2.50. The normalized spacial score (nSPS) is 13.5. The smallest absolute Gasteiger partial charge is 0.362 e. The number of aliphatic carboxylic acids is 1. The maximum atomic E-state index is 12.8. The average molecular weight is 855 g/mol. The van der Waals surface area contributed by atoms with Crippen molar-refractivity contribution in [3.05, 3.63) is 72.9 Å². The molecule has 61 heavy (non-hydrogen) atoms. The number of quaternary nitrogens is 1. The highest BCUT2D eigenvalue weighted by Gasteiger charge is 2.31. The SMILES string of the molecule is CC/C=C/C/C=C/C/C=C/C/C=C/C/C=C/CCCCCCCCCC(=O)OC(COCCC(C(=O)O)[N+](C)(C)C)COC(=O)CCCCC/C=C/CCCCCCCCC. The van der Waals surface area contributed by atoms with E-state index in [0.717, 1.165) is 96.3 Å². The van der Waals surface area contributed by atoms with Crippen LogP contribution in [-0.2, 0) is 28.6 Å². The molecule has 8 heteroatoms. The fourth-order valence-corrected chi connectivity index (χ4v) is 6.82. The van der Waals surface area contributed by atoms with Crippen LogP contribution in [0.15, 0.2) is 72.9 Å². The summed E-state index contributed by atoms with van der Waals surface area (Å²) < 4.78 is 17.3. The minimum atomic E-state index is -0.881. The fourth-order valence-electron chi connectivity index (χ4n) is 6.82. The van der Waals surface area contributed by atoms with Gasteiger partial charge in [-0.1, -0.05) is 164 Å². The first-order valence-electron chi connectivity index (χ1n) is 24.5. The second kappa shape index (κ2) is 43.4. The Kier molecular flexibility index (Phi) is 41.1. The van der Waals surface area contributed by atoms with Gasteiger partial charge in [0.1, 0.15) is 6.61 Å². The quantitative estimate of drug-likeness (QED) is 0.0282. The highest BCUT2D eigenvalue weighted by atomic mass is 16.6. The molecule has 2 atom stereocenters. The van der Waals surface area contributed by atoms with Crippen LogP contribution < -0.4 is 0 Å². The number of allylic oxidation sites excluding steroid dienone is 12. The van der Waals surface area contributed by atoms with Gasteiger partial charge < -0.3 is 23.8 Å². The van der Waals surface area contributed by atoms with E-state index >= 15 is 0 Å². The van der Waals surface area contributed by atoms with E-state index in [1.54, 1.807) is 0 Å². The molecule has 8 nitrogen and oxygen atoms in total. The van der Waals surface area contributed by atoms with E-state index in [-0.39, 0.29) is 36.2 Å². The summed E-state index contributed by atoms with van der Waals surface area (Å²) in [6.07, 6.45) is 55.2. The first-order valence-corrected chi connectivity index (χ1v) is 24.5. The molecule has 0 amide bonds. The highest BCUT2D eigenvalue weighted by Crippen LogP contribution is 2.14. The van der Waals surface area contributed by atoms with Crippen molar-refractivity contribution in [2.24, 2.45) is 0 Å². The standard InChI is InChI=1S/C53H91NO7/c1-6-8-10-12-14-16-18-20-22-23-24-25-26-27-28-29-30-32-34-36-38-40-42-44-52(56)61-49(47-59-46-45-50(53(57)58)54(3,4)5)48-60-51(55)43-41-39-37-35-33-31-21-19-17-15-13-11-9-7-2/h8,10,14,16,20,22,24-25,27-28,31,33,49-50H,6-7,9,11-13,15,17-19,21,23,26,29-30,32,34-48H2,1-5H3/p+1/b10-8+,16-14+,22-20+,25-24+,28-27+,33-31+. The monoisotopic (exact) mass is 855 g/mol. The van der Waals surface area contributed by atoms with E-state index in [4.69, 9.17) is 14.2 Å². The van der Waals surface area contributed by atoms with Crippen LogP contribution in [-0.4, -0.2) is 80.6 Å². The van der Waals surface area contributed by atoms with Crippen LogP contribution in [0.3, 0.4) is 0 Å². The van der Waals surface area contributed by atoms with Crippen molar-refractivity contribution < 1.29 is 38.2 Å². The Morgan fingerprint density at radius 2 is 0.918 bits per heavy atom. The molecule has 0 spiro atoms. The first kappa shape index (κ1) is 57.8. The second-order valence-corrected chi connectivity index (χ2v) is 17.3. The molecule has 0 heterocycles. The molecule has 0 aliphatic rings. The van der Waals surface area contributed by atoms with Crippen molar-refractivity contribution in [1.29, 1.82) is 0 Å². The molecule has 2 unspecified atom stereocenters. The summed E-state index contributed by atoms with van der Waals surface area (Å²) in [5.74, 6) is -1.50. The lowest BCUT2D eigenvalue weighted by atomic mass is 10.1. The number of likely N-dealkylation sites (N-methyl/N-ethyl adjacent to an activating group) is 1. The van der Waals surface area contributed by atoms with Crippen molar-refractivity contribution in [1.82, 2.24) is 0 Å². The van der Waals surface area contributed by atoms with Crippen LogP contribution in [0, 0.1) is 0 Å². The molecule has 0 aromatic heterocycles. The molecule has 1 N–H and O–H groups in total. The molecule has 0 aliphatic heterocycles. The molecule has 0 rings (SSSR count). The summed E-state index contributed by atoms with van der Waals surface area (Å²) in [4.78, 5) is 37.1. The maximum absolute atomic E-state index is 12.8. The van der Waals surface area contributed by atoms with E-state index in [0.29, 0.717) is 19.3 Å². The van der Waals surface area contributed by atoms with Gasteiger partial charge in [-0.3, -0.25) is 9.59 Å². The fraction of sp³-hybridized carbons (Fsp3) is 0.717. The van der Waals surface area contributed by atoms with E-state index in [9.17, 15) is 19.5 Å². The summed E-state index contributed by atoms with van der Waals surface area (Å²) in [6, 6.07) is -0.622. The van der Waals surface area contributed by atoms with Crippen molar-refractivity contribution in [3.63, 3.8) is 0 Å². The van der Waals surface area contributed by atoms with E-state index in [2.05, 4.69) is 86.8 Å². The summed E-state index contributed by atoms with van der Waals surface area (Å²) in [5, 5.41) is 9.64. The van der Waals surface area contributed by atoms with E-state index < -0.39 is 18.1 Å². The Morgan fingerprint density at radius 1 is 0.508 bits per heavy atom. The van der Waals surface area contributed by atoms with Gasteiger partial charge in [0.15, 0.2) is 12.1 Å². The number of carboxylic acids is 1. The molecule has 0 saturated heterocycles. The molecule has 0 bridgehead atoms. The van der Waals surface area contributed by atoms with Gasteiger partial charge in [-0.05, 0) is 83.5 Å². The molecule has 0 fully saturated rings. The predicted octanol–water partition coefficient (Wildman–Crippen LogP) is 13.9. The molecule has 350 valence electrons. The molecular weight excluding hydrogens is 763 g/mol. The topological polar surface area (TPSA) is 99.1 Å². The van der Waals surface area contributed by atoms with Gasteiger partial charge in [-0.25, -0.2) is 4.79 Å². The molecular formula is C53H92NO7+. The number of carbonyl (C=O) groups excluding carboxylic acids is 2. The molecule has 0 aliphatic carbocycles. The summed E-state index contributed by atoms with van der Waals surface area (Å²) in [7, 11) is 5.52. The Morgan fingerprint density at radius 3 is 1.39 bits per heavy atom. The van der Waals surface area contributed by atoms with Crippen LogP contribution in [0.4, 0.5) is 0 Å². The zero-order chi connectivity index (χ0) is 44.9. The molecule has 0 saturated carbocycles. The zero-order valence-corrected chi connectivity index (χ0v) is 39.8. The number of esters is 2. The molecule has 0 aromatic carbocycles. The van der Waals surface area contributed by atoms with E-state index in [1.807, 2.05) is 21.1 Å². The minimum absolute atomic E-state index is 0.0489. The molecule has 0 radical (unpaired) electrons. The largest absolute Gasteiger partial charge is 0.477 e. The number of rotatable bonds is 43. The lowest BCUT2D eigenvalue weighted by Gasteiger charge is -2.31. The van der Waals surface area contributed by atoms with Gasteiger partial charge in [-0.2, -0.15) is 0 Å². The van der Waals surface area contributed by atoms with Gasteiger partial charge in [0.25, 0.3) is 0 Å². The number of nitrogens with zero attached hydrogens (tertiary/aromatic N) is 1. The van der Waals surface area contributed by atoms with Crippen molar-refractivity contribution >= 4 is 17.9 Å². The van der Waals surface area contributed by atoms with Crippen molar-refractivity contribution in [3.8, 4) is 0 Å². The Labute approximate surface area is 374 Å². The van der Waals surface area contributed by atoms with Gasteiger partial charge in [-0.15, -0.1) is 0 Å². The van der Waals surface area contributed by atoms with Crippen LogP contribution in [0.5, 0.6) is 0 Å². The third-order valence-corrected chi connectivity index (χ3v) is 10.6. The lowest BCUT2D eigenvalue weighted by molar-refractivity contribution is -0.887. The van der Waals surface area contributed by atoms with Crippen LogP contribution in [0.25, 0.3) is 0 Å². The number of ether oxygens (including phenoxy) is 3. The predicted molar refractivity (Wildman–Crippen MR) is 257 cm³/mol. The van der Waals surface area contributed by atoms with Crippen LogP contribution >= 0.6 is 0 Å². The zero-order valence-electron chi connectivity index (χ0n) is 39.8. The van der Waals surface area contributed by atoms with Gasteiger partial charge in [0.05, 0.1) is 34.4 Å². The average Bonchev–Trinajstić information content (AvgIpc) is 3.22. The number of carbonyl (C=O) groups is 3. The summed E-state index contributed by atoms with van der Waals surface area (Å²) in [5.41, 5.74) is 0. The molecule has 0 aromatic rings. The summed E-state index contributed by atoms with van der Waals surface area (Å²) >= 11 is 0. The van der Waals surface area contributed by atoms with Gasteiger partial charge in [0, 0.05) is 19.3 Å². The first-order chi connectivity index (χ1) is 29.6. The van der Waals surface area contributed by atoms with Crippen molar-refractivity contribution in [2.45, 2.75) is 206 Å². The van der Waals surface area contributed by atoms with Crippen LogP contribution in [0.1, 0.15) is 194 Å². The summed E-state index contributed by atoms with van der Waals surface area (Å²) in [6.45, 7) is 4.59. The Bertz CT molecular complexity index is 1230. The van der Waals surface area contributed by atoms with Crippen LogP contribution in [0.2, 0.25) is 0 Å². The van der Waals surface area contributed by atoms with Gasteiger partial charge >= 0.3 is 17.9 Å². The Hall–Kier alpha value is -3.23. The minimum Gasteiger partial charge on any atom is -0.477 e. The number of hydrogen-bond acceptors (Lipinski definition) is 6. The third-order valence-electron chi connectivity index (χ3n) is 10.6. The highest BCUT2D eigenvalue weighted by molar-refractivity contribution is 5.72. The number of hydrogen-bond donors (Lipinski definition) is 1.